The second-order valence-corrected chi connectivity index (χ2v) is 2.38. The Balaban J connectivity index is 3.99. The number of ether oxygens (including phenoxy) is 3. The van der Waals surface area contributed by atoms with E-state index in [-0.39, 0.29) is 12.8 Å². The van der Waals surface area contributed by atoms with E-state index in [1.807, 2.05) is 6.92 Å². The van der Waals surface area contributed by atoms with Gasteiger partial charge in [0.25, 0.3) is 0 Å². The van der Waals surface area contributed by atoms with Crippen molar-refractivity contribution in [2.75, 3.05) is 27.6 Å². The monoisotopic (exact) mass is 188 g/mol. The molecule has 0 aromatic rings. The maximum absolute atomic E-state index is 11.2. The van der Waals surface area contributed by atoms with Gasteiger partial charge < -0.3 is 14.2 Å². The number of esters is 1. The maximum atomic E-state index is 11.2. The maximum Gasteiger partial charge on any atom is 0.335 e. The fraction of sp³-hybridized carbons (Fsp3) is 0.667. The Bertz CT molecular complexity index is 174. The molecular formula is C9H16O4. The quantitative estimate of drug-likeness (QED) is 0.356. The van der Waals surface area contributed by atoms with E-state index in [1.165, 1.54) is 7.11 Å². The second kappa shape index (κ2) is 7.76. The Morgan fingerprint density at radius 1 is 1.31 bits per heavy atom. The lowest BCUT2D eigenvalue weighted by molar-refractivity contribution is -0.149. The molecule has 0 heterocycles. The zero-order chi connectivity index (χ0) is 10.1. The van der Waals surface area contributed by atoms with Gasteiger partial charge in [-0.1, -0.05) is 6.92 Å². The molecule has 0 aliphatic rings. The third kappa shape index (κ3) is 5.38. The average molecular weight is 188 g/mol. The zero-order valence-electron chi connectivity index (χ0n) is 8.33. The molecule has 0 bridgehead atoms. The first kappa shape index (κ1) is 12.1. The van der Waals surface area contributed by atoms with Crippen LogP contribution in [0.4, 0.5) is 0 Å². The number of hydrogen-bond donors (Lipinski definition) is 0. The molecule has 0 radical (unpaired) electrons. The molecule has 0 aromatic heterocycles. The fourth-order valence-electron chi connectivity index (χ4n) is 0.761. The normalized spacial score (nSPS) is 11.5. The molecule has 0 saturated heterocycles. The van der Waals surface area contributed by atoms with Crippen LogP contribution in [-0.2, 0) is 19.0 Å². The summed E-state index contributed by atoms with van der Waals surface area (Å²) in [5.41, 5.74) is 0.610. The molecule has 0 atom stereocenters. The molecule has 76 valence electrons. The zero-order valence-corrected chi connectivity index (χ0v) is 8.33. The minimum atomic E-state index is -0.346. The van der Waals surface area contributed by atoms with Crippen LogP contribution in [0.15, 0.2) is 11.6 Å². The van der Waals surface area contributed by atoms with Crippen molar-refractivity contribution < 1.29 is 19.0 Å². The molecule has 0 aliphatic heterocycles. The Labute approximate surface area is 78.5 Å². The summed E-state index contributed by atoms with van der Waals surface area (Å²) in [6.45, 7) is 2.30. The average Bonchev–Trinajstić information content (AvgIpc) is 2.16. The van der Waals surface area contributed by atoms with Gasteiger partial charge in [0.05, 0.1) is 6.61 Å². The van der Waals surface area contributed by atoms with E-state index in [1.54, 1.807) is 13.2 Å². The first-order valence-corrected chi connectivity index (χ1v) is 4.10. The largest absolute Gasteiger partial charge is 0.435 e. The van der Waals surface area contributed by atoms with Crippen LogP contribution in [0.25, 0.3) is 0 Å². The molecule has 0 fully saturated rings. The third-order valence-corrected chi connectivity index (χ3v) is 1.45. The highest BCUT2D eigenvalue weighted by molar-refractivity contribution is 5.88. The first-order valence-electron chi connectivity index (χ1n) is 4.10. The van der Waals surface area contributed by atoms with E-state index < -0.39 is 0 Å². The Morgan fingerprint density at radius 3 is 2.46 bits per heavy atom. The van der Waals surface area contributed by atoms with Gasteiger partial charge in [0.1, 0.15) is 0 Å². The Morgan fingerprint density at radius 2 is 2.00 bits per heavy atom. The lowest BCUT2D eigenvalue weighted by atomic mass is 10.2. The van der Waals surface area contributed by atoms with Gasteiger partial charge in [-0.15, -0.1) is 0 Å². The van der Waals surface area contributed by atoms with Crippen LogP contribution in [0.5, 0.6) is 0 Å². The molecule has 0 aliphatic carbocycles. The lowest BCUT2D eigenvalue weighted by Gasteiger charge is -2.04. The molecule has 0 unspecified atom stereocenters. The van der Waals surface area contributed by atoms with Gasteiger partial charge in [0.2, 0.25) is 0 Å². The molecule has 0 N–H and O–H groups in total. The molecule has 4 heteroatoms. The molecular weight excluding hydrogens is 172 g/mol. The molecule has 4 nitrogen and oxygen atoms in total. The van der Waals surface area contributed by atoms with Gasteiger partial charge in [0.15, 0.2) is 6.79 Å². The summed E-state index contributed by atoms with van der Waals surface area (Å²) in [6, 6.07) is 0. The number of methoxy groups -OCH3 is 2. The highest BCUT2D eigenvalue weighted by Crippen LogP contribution is 2.03. The molecule has 0 aromatic carbocycles. The molecule has 0 saturated carbocycles. The molecule has 0 spiro atoms. The summed E-state index contributed by atoms with van der Waals surface area (Å²) in [4.78, 5) is 11.2. The van der Waals surface area contributed by atoms with E-state index in [2.05, 4.69) is 4.74 Å². The summed E-state index contributed by atoms with van der Waals surface area (Å²) in [5, 5.41) is 0. The fourth-order valence-corrected chi connectivity index (χ4v) is 0.761. The SMILES string of the molecule is CCC(=CCOC)C(=O)OCOC. The van der Waals surface area contributed by atoms with Crippen LogP contribution >= 0.6 is 0 Å². The van der Waals surface area contributed by atoms with E-state index >= 15 is 0 Å². The van der Waals surface area contributed by atoms with E-state index in [4.69, 9.17) is 9.47 Å². The van der Waals surface area contributed by atoms with Gasteiger partial charge in [0, 0.05) is 19.8 Å². The van der Waals surface area contributed by atoms with Gasteiger partial charge >= 0.3 is 5.97 Å². The topological polar surface area (TPSA) is 44.8 Å². The summed E-state index contributed by atoms with van der Waals surface area (Å²) >= 11 is 0. The molecule has 13 heavy (non-hydrogen) atoms. The summed E-state index contributed by atoms with van der Waals surface area (Å²) < 4.78 is 14.2. The van der Waals surface area contributed by atoms with Crippen molar-refractivity contribution in [1.82, 2.24) is 0 Å². The van der Waals surface area contributed by atoms with Crippen LogP contribution in [0, 0.1) is 0 Å². The first-order chi connectivity index (χ1) is 6.26. The smallest absolute Gasteiger partial charge is 0.335 e. The standard InChI is InChI=1S/C9H16O4/c1-4-8(5-6-11-2)9(10)13-7-12-3/h5H,4,6-7H2,1-3H3. The minimum absolute atomic E-state index is 0.0108. The van der Waals surface area contributed by atoms with Crippen LogP contribution < -0.4 is 0 Å². The van der Waals surface area contributed by atoms with Crippen molar-refractivity contribution in [3.63, 3.8) is 0 Å². The second-order valence-electron chi connectivity index (χ2n) is 2.38. The molecule has 0 amide bonds. The summed E-state index contributed by atoms with van der Waals surface area (Å²) in [5.74, 6) is -0.346. The highest BCUT2D eigenvalue weighted by atomic mass is 16.7. The summed E-state index contributed by atoms with van der Waals surface area (Å²) in [6.07, 6.45) is 2.34. The third-order valence-electron chi connectivity index (χ3n) is 1.45. The number of rotatable bonds is 6. The lowest BCUT2D eigenvalue weighted by Crippen LogP contribution is -2.10. The molecule has 0 rings (SSSR count). The minimum Gasteiger partial charge on any atom is -0.435 e. The van der Waals surface area contributed by atoms with Gasteiger partial charge in [-0.3, -0.25) is 0 Å². The van der Waals surface area contributed by atoms with Crippen LogP contribution in [0.3, 0.4) is 0 Å². The van der Waals surface area contributed by atoms with Crippen molar-refractivity contribution in [2.24, 2.45) is 0 Å². The summed E-state index contributed by atoms with van der Waals surface area (Å²) in [7, 11) is 3.04. The van der Waals surface area contributed by atoms with E-state index in [0.717, 1.165) is 0 Å². The van der Waals surface area contributed by atoms with Crippen molar-refractivity contribution in [3.05, 3.63) is 11.6 Å². The van der Waals surface area contributed by atoms with Gasteiger partial charge in [-0.05, 0) is 12.5 Å². The van der Waals surface area contributed by atoms with Gasteiger partial charge in [-0.25, -0.2) is 4.79 Å². The van der Waals surface area contributed by atoms with Crippen molar-refractivity contribution in [2.45, 2.75) is 13.3 Å². The van der Waals surface area contributed by atoms with Crippen molar-refractivity contribution >= 4 is 5.97 Å². The highest BCUT2D eigenvalue weighted by Gasteiger charge is 2.07. The van der Waals surface area contributed by atoms with Crippen LogP contribution in [-0.4, -0.2) is 33.6 Å². The van der Waals surface area contributed by atoms with Gasteiger partial charge in [-0.2, -0.15) is 0 Å². The predicted octanol–water partition coefficient (Wildman–Crippen LogP) is 1.12. The van der Waals surface area contributed by atoms with Crippen LogP contribution in [0.2, 0.25) is 0 Å². The van der Waals surface area contributed by atoms with E-state index in [9.17, 15) is 4.79 Å². The Kier molecular flexibility index (Phi) is 7.24. The predicted molar refractivity (Wildman–Crippen MR) is 48.2 cm³/mol. The number of hydrogen-bond acceptors (Lipinski definition) is 4. The number of carbonyl (C=O) groups is 1. The van der Waals surface area contributed by atoms with E-state index in [0.29, 0.717) is 18.6 Å². The Hall–Kier alpha value is -0.870. The van der Waals surface area contributed by atoms with Crippen molar-refractivity contribution in [3.8, 4) is 0 Å². The van der Waals surface area contributed by atoms with Crippen LogP contribution in [0.1, 0.15) is 13.3 Å². The van der Waals surface area contributed by atoms with Crippen molar-refractivity contribution in [1.29, 1.82) is 0 Å². The number of carbonyl (C=O) groups excluding carboxylic acids is 1.